The van der Waals surface area contributed by atoms with Crippen LogP contribution < -0.4 is 0 Å². The largest absolute Gasteiger partial charge is 0.391 e. The number of rotatable bonds is 5. The molecule has 1 aromatic rings. The summed E-state index contributed by atoms with van der Waals surface area (Å²) in [6.07, 6.45) is 6.16. The minimum atomic E-state index is -1.65. The Morgan fingerprint density at radius 2 is 2.09 bits per heavy atom. The number of amides is 1. The van der Waals surface area contributed by atoms with E-state index in [1.165, 1.54) is 16.0 Å². The molecule has 0 aliphatic carbocycles. The van der Waals surface area contributed by atoms with Crippen LogP contribution in [0.25, 0.3) is 0 Å². The third-order valence-electron chi connectivity index (χ3n) is 3.52. The Hall–Kier alpha value is -2.60. The van der Waals surface area contributed by atoms with Crippen molar-refractivity contribution < 1.29 is 14.7 Å². The molecular weight excluding hydrogens is 294 g/mol. The smallest absolute Gasteiger partial charge is 0.254 e. The molecule has 122 valence electrons. The third-order valence-corrected chi connectivity index (χ3v) is 3.52. The van der Waals surface area contributed by atoms with E-state index in [1.54, 1.807) is 39.5 Å². The highest BCUT2D eigenvalue weighted by atomic mass is 16.6. The van der Waals surface area contributed by atoms with Crippen LogP contribution in [0.1, 0.15) is 5.56 Å². The molecule has 1 aromatic carbocycles. The quantitative estimate of drug-likeness (QED) is 0.658. The summed E-state index contributed by atoms with van der Waals surface area (Å²) in [5, 5.41) is 14.7. The van der Waals surface area contributed by atoms with Gasteiger partial charge in [-0.05, 0) is 17.7 Å². The predicted octanol–water partition coefficient (Wildman–Crippen LogP) is 1.35. The molecule has 1 heterocycles. The molecule has 0 saturated carbocycles. The summed E-state index contributed by atoms with van der Waals surface area (Å²) in [5.74, 6) is -0.293. The second kappa shape index (κ2) is 7.11. The van der Waals surface area contributed by atoms with Gasteiger partial charge in [0.2, 0.25) is 5.72 Å². The molecule has 1 unspecified atom stereocenters. The lowest BCUT2D eigenvalue weighted by molar-refractivity contribution is -0.127. The van der Waals surface area contributed by atoms with Crippen molar-refractivity contribution in [3.63, 3.8) is 0 Å². The molecule has 1 aliphatic rings. The number of hydrogen-bond acceptors (Lipinski definition) is 5. The number of oxime groups is 1. The van der Waals surface area contributed by atoms with Crippen molar-refractivity contribution in [3.8, 4) is 0 Å². The second-order valence-electron chi connectivity index (χ2n) is 5.45. The van der Waals surface area contributed by atoms with Gasteiger partial charge in [0.15, 0.2) is 0 Å². The Bertz CT molecular complexity index is 638. The van der Waals surface area contributed by atoms with Gasteiger partial charge in [0, 0.05) is 27.3 Å². The first-order valence-electron chi connectivity index (χ1n) is 7.21. The van der Waals surface area contributed by atoms with Crippen molar-refractivity contribution in [2.24, 2.45) is 5.16 Å². The van der Waals surface area contributed by atoms with Gasteiger partial charge in [0.25, 0.3) is 5.91 Å². The van der Waals surface area contributed by atoms with Gasteiger partial charge < -0.3 is 19.7 Å². The summed E-state index contributed by atoms with van der Waals surface area (Å²) in [7, 11) is 4.92. The van der Waals surface area contributed by atoms with Crippen molar-refractivity contribution in [1.29, 1.82) is 0 Å². The van der Waals surface area contributed by atoms with Crippen LogP contribution in [0, 0.1) is 0 Å². The lowest BCUT2D eigenvalue weighted by Crippen LogP contribution is -2.52. The van der Waals surface area contributed by atoms with Crippen LogP contribution in [0.5, 0.6) is 0 Å². The standard InChI is InChI=1S/C17H21N3O3/c1-19(2)16(21)15-10-7-11-20(3)17(15,22)13-18-23-12-14-8-5-4-6-9-14/h4-11,13,22H,12H2,1-3H3. The van der Waals surface area contributed by atoms with E-state index in [-0.39, 0.29) is 18.1 Å². The lowest BCUT2D eigenvalue weighted by Gasteiger charge is -2.37. The van der Waals surface area contributed by atoms with Crippen LogP contribution >= 0.6 is 0 Å². The zero-order valence-corrected chi connectivity index (χ0v) is 13.5. The van der Waals surface area contributed by atoms with E-state index >= 15 is 0 Å². The van der Waals surface area contributed by atoms with Crippen molar-refractivity contribution >= 4 is 12.1 Å². The number of hydrogen-bond donors (Lipinski definition) is 1. The topological polar surface area (TPSA) is 65.4 Å². The number of likely N-dealkylation sites (N-methyl/N-ethyl adjacent to an activating group) is 2. The van der Waals surface area contributed by atoms with Crippen LogP contribution in [-0.4, -0.2) is 53.9 Å². The van der Waals surface area contributed by atoms with Gasteiger partial charge in [0.1, 0.15) is 12.8 Å². The summed E-state index contributed by atoms with van der Waals surface area (Å²) >= 11 is 0. The highest BCUT2D eigenvalue weighted by Gasteiger charge is 2.39. The number of aliphatic hydroxyl groups is 1. The summed E-state index contributed by atoms with van der Waals surface area (Å²) in [6, 6.07) is 9.57. The molecule has 6 nitrogen and oxygen atoms in total. The second-order valence-corrected chi connectivity index (χ2v) is 5.45. The number of carbonyl (C=O) groups excluding carboxylic acids is 1. The first kappa shape index (κ1) is 16.8. The molecule has 1 amide bonds. The van der Waals surface area contributed by atoms with Gasteiger partial charge in [0.05, 0.1) is 5.57 Å². The zero-order valence-electron chi connectivity index (χ0n) is 13.5. The van der Waals surface area contributed by atoms with Crippen LogP contribution in [0.3, 0.4) is 0 Å². The minimum Gasteiger partial charge on any atom is -0.391 e. The molecule has 6 heteroatoms. The molecule has 0 spiro atoms. The fourth-order valence-corrected chi connectivity index (χ4v) is 2.12. The predicted molar refractivity (Wildman–Crippen MR) is 88.4 cm³/mol. The molecule has 1 N–H and O–H groups in total. The molecule has 23 heavy (non-hydrogen) atoms. The van der Waals surface area contributed by atoms with Gasteiger partial charge in [-0.15, -0.1) is 0 Å². The SMILES string of the molecule is CN(C)C(=O)C1=CC=CN(C)C1(O)C=NOCc1ccccc1. The van der Waals surface area contributed by atoms with E-state index in [2.05, 4.69) is 5.16 Å². The van der Waals surface area contributed by atoms with E-state index in [0.717, 1.165) is 5.56 Å². The fraction of sp³-hybridized carbons (Fsp3) is 0.294. The lowest BCUT2D eigenvalue weighted by atomic mass is 9.98. The van der Waals surface area contributed by atoms with Crippen molar-refractivity contribution in [1.82, 2.24) is 9.80 Å². The van der Waals surface area contributed by atoms with Crippen molar-refractivity contribution in [3.05, 3.63) is 59.8 Å². The first-order chi connectivity index (χ1) is 10.9. The maximum Gasteiger partial charge on any atom is 0.254 e. The molecule has 0 aromatic heterocycles. The van der Waals surface area contributed by atoms with Gasteiger partial charge in [-0.3, -0.25) is 4.79 Å². The van der Waals surface area contributed by atoms with E-state index in [4.69, 9.17) is 4.84 Å². The highest BCUT2D eigenvalue weighted by molar-refractivity contribution is 6.00. The Morgan fingerprint density at radius 1 is 1.39 bits per heavy atom. The number of benzene rings is 1. The summed E-state index contributed by atoms with van der Waals surface area (Å²) in [6.45, 7) is 0.285. The molecule has 0 saturated heterocycles. The highest BCUT2D eigenvalue weighted by Crippen LogP contribution is 2.24. The maximum absolute atomic E-state index is 12.2. The molecule has 0 bridgehead atoms. The average molecular weight is 315 g/mol. The van der Waals surface area contributed by atoms with Gasteiger partial charge >= 0.3 is 0 Å². The minimum absolute atomic E-state index is 0.208. The van der Waals surface area contributed by atoms with Gasteiger partial charge in [-0.2, -0.15) is 0 Å². The molecule has 2 rings (SSSR count). The molecule has 1 aliphatic heterocycles. The van der Waals surface area contributed by atoms with Gasteiger partial charge in [-0.25, -0.2) is 0 Å². The summed E-state index contributed by atoms with van der Waals surface area (Å²) in [5.41, 5.74) is -0.472. The molecular formula is C17H21N3O3. The van der Waals surface area contributed by atoms with Crippen LogP contribution in [0.2, 0.25) is 0 Å². The van der Waals surface area contributed by atoms with Gasteiger partial charge in [-0.1, -0.05) is 35.5 Å². The normalized spacial score (nSPS) is 20.5. The third kappa shape index (κ3) is 3.78. The molecule has 0 fully saturated rings. The van der Waals surface area contributed by atoms with Crippen LogP contribution in [0.4, 0.5) is 0 Å². The van der Waals surface area contributed by atoms with E-state index in [0.29, 0.717) is 0 Å². The molecule has 1 atom stereocenters. The van der Waals surface area contributed by atoms with E-state index < -0.39 is 5.72 Å². The van der Waals surface area contributed by atoms with E-state index in [1.807, 2.05) is 30.3 Å². The maximum atomic E-state index is 12.2. The number of carbonyl (C=O) groups is 1. The monoisotopic (exact) mass is 315 g/mol. The van der Waals surface area contributed by atoms with Crippen LogP contribution in [0.15, 0.2) is 59.4 Å². The first-order valence-corrected chi connectivity index (χ1v) is 7.21. The summed E-state index contributed by atoms with van der Waals surface area (Å²) in [4.78, 5) is 20.4. The Balaban J connectivity index is 2.10. The molecule has 0 radical (unpaired) electrons. The van der Waals surface area contributed by atoms with Crippen LogP contribution in [-0.2, 0) is 16.2 Å². The number of nitrogens with zero attached hydrogens (tertiary/aromatic N) is 3. The number of allylic oxidation sites excluding steroid dienone is 2. The Labute approximate surface area is 135 Å². The summed E-state index contributed by atoms with van der Waals surface area (Å²) < 4.78 is 0. The van der Waals surface area contributed by atoms with E-state index in [9.17, 15) is 9.90 Å². The zero-order chi connectivity index (χ0) is 16.9. The average Bonchev–Trinajstić information content (AvgIpc) is 2.54. The fourth-order valence-electron chi connectivity index (χ4n) is 2.12. The van der Waals surface area contributed by atoms with Crippen molar-refractivity contribution in [2.45, 2.75) is 12.3 Å². The Kier molecular flexibility index (Phi) is 5.18. The Morgan fingerprint density at radius 3 is 2.74 bits per heavy atom. The van der Waals surface area contributed by atoms with Crippen molar-refractivity contribution in [2.75, 3.05) is 21.1 Å².